The number of halogens is 1. The van der Waals surface area contributed by atoms with Gasteiger partial charge < -0.3 is 5.73 Å². The van der Waals surface area contributed by atoms with Crippen LogP contribution in [-0.2, 0) is 0 Å². The average molecular weight is 290 g/mol. The van der Waals surface area contributed by atoms with E-state index in [2.05, 4.69) is 15.9 Å². The fourth-order valence-electron chi connectivity index (χ4n) is 1.66. The predicted octanol–water partition coefficient (Wildman–Crippen LogP) is 3.57. The van der Waals surface area contributed by atoms with Crippen LogP contribution in [-0.4, -0.2) is 5.78 Å². The summed E-state index contributed by atoms with van der Waals surface area (Å²) in [5.74, 6) is 0.000532. The maximum atomic E-state index is 12.3. The van der Waals surface area contributed by atoms with Gasteiger partial charge in [0.05, 0.1) is 0 Å². The first kappa shape index (κ1) is 11.9. The second kappa shape index (κ2) is 4.72. The molecule has 0 unspecified atom stereocenters. The highest BCUT2D eigenvalue weighted by molar-refractivity contribution is 9.10. The highest BCUT2D eigenvalue weighted by atomic mass is 79.9. The van der Waals surface area contributed by atoms with Gasteiger partial charge in [0.25, 0.3) is 0 Å². The van der Waals surface area contributed by atoms with Crippen LogP contribution in [0.25, 0.3) is 0 Å². The lowest BCUT2D eigenvalue weighted by Gasteiger charge is -2.05. The lowest BCUT2D eigenvalue weighted by Crippen LogP contribution is -2.03. The van der Waals surface area contributed by atoms with Gasteiger partial charge >= 0.3 is 0 Å². The fraction of sp³-hybridized carbons (Fsp3) is 0.0714. The number of hydrogen-bond donors (Lipinski definition) is 1. The van der Waals surface area contributed by atoms with Crippen molar-refractivity contribution in [1.29, 1.82) is 0 Å². The largest absolute Gasteiger partial charge is 0.399 e. The lowest BCUT2D eigenvalue weighted by molar-refractivity contribution is 0.103. The molecule has 0 bridgehead atoms. The Morgan fingerprint density at radius 1 is 1.18 bits per heavy atom. The van der Waals surface area contributed by atoms with Crippen LogP contribution in [0, 0.1) is 6.92 Å². The van der Waals surface area contributed by atoms with E-state index in [9.17, 15) is 4.79 Å². The minimum atomic E-state index is 0.000532. The standard InChI is InChI=1S/C14H12BrNO/c1-9-3-2-4-10(7-9)14(17)12-6-5-11(16)8-13(12)15/h2-8H,16H2,1H3. The zero-order valence-electron chi connectivity index (χ0n) is 9.41. The number of carbonyl (C=O) groups is 1. The SMILES string of the molecule is Cc1cccc(C(=O)c2ccc(N)cc2Br)c1. The fourth-order valence-corrected chi connectivity index (χ4v) is 2.23. The number of nitrogens with two attached hydrogens (primary N) is 1. The van der Waals surface area contributed by atoms with Crippen LogP contribution in [0.4, 0.5) is 5.69 Å². The maximum Gasteiger partial charge on any atom is 0.194 e. The van der Waals surface area contributed by atoms with Crippen molar-refractivity contribution in [2.24, 2.45) is 0 Å². The first-order valence-electron chi connectivity index (χ1n) is 5.24. The molecule has 0 saturated carbocycles. The van der Waals surface area contributed by atoms with Crippen LogP contribution in [0.2, 0.25) is 0 Å². The minimum absolute atomic E-state index is 0.000532. The van der Waals surface area contributed by atoms with E-state index >= 15 is 0 Å². The van der Waals surface area contributed by atoms with Gasteiger partial charge in [0.1, 0.15) is 0 Å². The van der Waals surface area contributed by atoms with Gasteiger partial charge in [0.15, 0.2) is 5.78 Å². The van der Waals surface area contributed by atoms with Crippen molar-refractivity contribution < 1.29 is 4.79 Å². The van der Waals surface area contributed by atoms with E-state index in [0.29, 0.717) is 16.8 Å². The molecule has 0 fully saturated rings. The molecule has 0 radical (unpaired) electrons. The van der Waals surface area contributed by atoms with Gasteiger partial charge in [-0.3, -0.25) is 4.79 Å². The van der Waals surface area contributed by atoms with Gasteiger partial charge in [-0.05, 0) is 47.1 Å². The first-order valence-corrected chi connectivity index (χ1v) is 6.03. The molecule has 0 spiro atoms. The number of benzene rings is 2. The molecule has 0 saturated heterocycles. The monoisotopic (exact) mass is 289 g/mol. The number of rotatable bonds is 2. The Morgan fingerprint density at radius 3 is 2.59 bits per heavy atom. The molecule has 2 N–H and O–H groups in total. The van der Waals surface area contributed by atoms with Crippen LogP contribution < -0.4 is 5.73 Å². The molecular formula is C14H12BrNO. The molecule has 2 aromatic rings. The maximum absolute atomic E-state index is 12.3. The van der Waals surface area contributed by atoms with E-state index in [4.69, 9.17) is 5.73 Å². The van der Waals surface area contributed by atoms with Gasteiger partial charge in [-0.1, -0.05) is 23.8 Å². The molecular weight excluding hydrogens is 278 g/mol. The highest BCUT2D eigenvalue weighted by Crippen LogP contribution is 2.22. The Labute approximate surface area is 109 Å². The smallest absolute Gasteiger partial charge is 0.194 e. The zero-order valence-corrected chi connectivity index (χ0v) is 11.0. The molecule has 0 atom stereocenters. The van der Waals surface area contributed by atoms with Gasteiger partial charge in [0, 0.05) is 21.3 Å². The molecule has 0 aromatic heterocycles. The van der Waals surface area contributed by atoms with Crippen molar-refractivity contribution in [1.82, 2.24) is 0 Å². The Bertz CT molecular complexity index is 578. The molecule has 2 aromatic carbocycles. The number of ketones is 1. The van der Waals surface area contributed by atoms with E-state index in [1.54, 1.807) is 18.2 Å². The third-order valence-electron chi connectivity index (χ3n) is 2.52. The Balaban J connectivity index is 2.44. The van der Waals surface area contributed by atoms with Crippen LogP contribution >= 0.6 is 15.9 Å². The van der Waals surface area contributed by atoms with Gasteiger partial charge in [0.2, 0.25) is 0 Å². The van der Waals surface area contributed by atoms with Crippen LogP contribution in [0.1, 0.15) is 21.5 Å². The molecule has 0 heterocycles. The van der Waals surface area contributed by atoms with Crippen LogP contribution in [0.3, 0.4) is 0 Å². The Morgan fingerprint density at radius 2 is 1.94 bits per heavy atom. The molecule has 3 heteroatoms. The van der Waals surface area contributed by atoms with E-state index in [1.165, 1.54) is 0 Å². The van der Waals surface area contributed by atoms with Gasteiger partial charge in [-0.25, -0.2) is 0 Å². The van der Waals surface area contributed by atoms with Crippen molar-refractivity contribution in [2.45, 2.75) is 6.92 Å². The Hall–Kier alpha value is -1.61. The number of anilines is 1. The summed E-state index contributed by atoms with van der Waals surface area (Å²) >= 11 is 3.36. The average Bonchev–Trinajstić information content (AvgIpc) is 2.28. The lowest BCUT2D eigenvalue weighted by atomic mass is 10.0. The quantitative estimate of drug-likeness (QED) is 0.678. The van der Waals surface area contributed by atoms with Crippen molar-refractivity contribution in [3.63, 3.8) is 0 Å². The van der Waals surface area contributed by atoms with Crippen LogP contribution in [0.15, 0.2) is 46.9 Å². The summed E-state index contributed by atoms with van der Waals surface area (Å²) in [5.41, 5.74) is 8.68. The van der Waals surface area contributed by atoms with Crippen molar-refractivity contribution in [2.75, 3.05) is 5.73 Å². The normalized spacial score (nSPS) is 10.2. The summed E-state index contributed by atoms with van der Waals surface area (Å²) in [6, 6.07) is 12.8. The number of carbonyl (C=O) groups excluding carboxylic acids is 1. The number of hydrogen-bond acceptors (Lipinski definition) is 2. The second-order valence-corrected chi connectivity index (χ2v) is 4.79. The second-order valence-electron chi connectivity index (χ2n) is 3.94. The minimum Gasteiger partial charge on any atom is -0.399 e. The number of nitrogen functional groups attached to an aromatic ring is 1. The third-order valence-corrected chi connectivity index (χ3v) is 3.17. The molecule has 86 valence electrons. The first-order chi connectivity index (χ1) is 8.08. The molecule has 0 aliphatic rings. The van der Waals surface area contributed by atoms with E-state index < -0.39 is 0 Å². The van der Waals surface area contributed by atoms with Gasteiger partial charge in [-0.15, -0.1) is 0 Å². The van der Waals surface area contributed by atoms with E-state index in [1.807, 2.05) is 31.2 Å². The predicted molar refractivity (Wildman–Crippen MR) is 73.2 cm³/mol. The van der Waals surface area contributed by atoms with E-state index in [-0.39, 0.29) is 5.78 Å². The van der Waals surface area contributed by atoms with E-state index in [0.717, 1.165) is 10.0 Å². The topological polar surface area (TPSA) is 43.1 Å². The molecule has 2 nitrogen and oxygen atoms in total. The summed E-state index contributed by atoms with van der Waals surface area (Å²) < 4.78 is 0.726. The van der Waals surface area contributed by atoms with Crippen molar-refractivity contribution in [3.05, 3.63) is 63.6 Å². The summed E-state index contributed by atoms with van der Waals surface area (Å²) in [4.78, 5) is 12.3. The number of aryl methyl sites for hydroxylation is 1. The highest BCUT2D eigenvalue weighted by Gasteiger charge is 2.12. The molecule has 0 aliphatic carbocycles. The van der Waals surface area contributed by atoms with Crippen molar-refractivity contribution in [3.8, 4) is 0 Å². The van der Waals surface area contributed by atoms with Crippen LogP contribution in [0.5, 0.6) is 0 Å². The Kier molecular flexibility index (Phi) is 3.29. The summed E-state index contributed by atoms with van der Waals surface area (Å²) in [6.45, 7) is 1.97. The summed E-state index contributed by atoms with van der Waals surface area (Å²) in [6.07, 6.45) is 0. The molecule has 0 aliphatic heterocycles. The molecule has 2 rings (SSSR count). The zero-order chi connectivity index (χ0) is 12.4. The molecule has 17 heavy (non-hydrogen) atoms. The summed E-state index contributed by atoms with van der Waals surface area (Å²) in [5, 5.41) is 0. The van der Waals surface area contributed by atoms with Gasteiger partial charge in [-0.2, -0.15) is 0 Å². The summed E-state index contributed by atoms with van der Waals surface area (Å²) in [7, 11) is 0. The van der Waals surface area contributed by atoms with Crippen molar-refractivity contribution >= 4 is 27.4 Å². The third kappa shape index (κ3) is 2.56. The molecule has 0 amide bonds.